The number of isocyanates is 1. The van der Waals surface area contributed by atoms with Gasteiger partial charge in [0.15, 0.2) is 20.6 Å². The van der Waals surface area contributed by atoms with Gasteiger partial charge in [0.2, 0.25) is 18.7 Å². The van der Waals surface area contributed by atoms with Crippen molar-refractivity contribution in [2.75, 3.05) is 108 Å². The number of alkyl carbamates (subject to hydrolysis) is 2. The molecule has 0 radical (unpaired) electrons. The predicted molar refractivity (Wildman–Crippen MR) is 281 cm³/mol. The smallest absolute Gasteiger partial charge is 0.460 e. The van der Waals surface area contributed by atoms with Crippen LogP contribution in [0.15, 0.2) is 102 Å². The Balaban J connectivity index is -0.000000249. The Morgan fingerprint density at radius 2 is 0.854 bits per heavy atom. The van der Waals surface area contributed by atoms with Crippen molar-refractivity contribution in [1.82, 2.24) is 10.6 Å². The number of aliphatic hydroxyl groups excluding tert-OH is 2. The van der Waals surface area contributed by atoms with Gasteiger partial charge < -0.3 is 54.0 Å². The zero-order valence-corrected chi connectivity index (χ0v) is 50.4. The molecular formula is C51H63F20N3O22. The van der Waals surface area contributed by atoms with Gasteiger partial charge in [0.05, 0.1) is 26.2 Å². The average Bonchev–Trinajstić information content (AvgIpc) is 0.818. The average molecular weight is 1450 g/mol. The van der Waals surface area contributed by atoms with E-state index in [1.54, 1.807) is 19.1 Å². The van der Waals surface area contributed by atoms with E-state index in [0.717, 1.165) is 0 Å². The molecule has 0 heterocycles. The standard InChI is InChI=1S/C16H16O3.C9H14FNO4.C8H12FNO4.C7H9NO3.2C4H2F8O3.C2H5FO.CH3FO/c1-18-16(19-2,14-11-7-4-8-12-14)15(17)13-9-5-3-6-10-13;1-7(2)8(12)14-6-4-11-9(13)15-5-3-10;1-6(2)7(11)13-4-3-10-8(12)14-5-9;1-6(2)7(10)11-4-3-8-5-9;2*5-1-13-4(10,11)14-2(6,7)3(8,9)15-12;3-1-2-4;2-1-3/h3-12H,1-2H3;1,3-6H2,2H3,(H,11,13);1,3-5H2,2H3,(H,10,12);1,3-4H2,2H3;2*1H2;4H,1-2H2;3H,1H2. The molecule has 0 saturated carbocycles. The lowest BCUT2D eigenvalue weighted by Crippen LogP contribution is -2.48. The molecule has 2 aromatic carbocycles. The summed E-state index contributed by atoms with van der Waals surface area (Å²) in [5, 5.41) is 18.8. The number of carbonyl (C=O) groups excluding carboxylic acids is 7. The molecule has 2 amide bonds. The van der Waals surface area contributed by atoms with E-state index < -0.39 is 114 Å². The fourth-order valence-corrected chi connectivity index (χ4v) is 4.24. The Morgan fingerprint density at radius 3 is 1.15 bits per heavy atom. The van der Waals surface area contributed by atoms with Crippen molar-refractivity contribution < 1.29 is 194 Å². The minimum absolute atomic E-state index is 0.00687. The van der Waals surface area contributed by atoms with E-state index in [9.17, 15) is 122 Å². The first-order valence-corrected chi connectivity index (χ1v) is 24.8. The normalized spacial score (nSPS) is 10.9. The highest BCUT2D eigenvalue weighted by molar-refractivity contribution is 6.02. The number of methoxy groups -OCH3 is 2. The zero-order chi connectivity index (χ0) is 75.8. The largest absolute Gasteiger partial charge is 0.492 e. The van der Waals surface area contributed by atoms with E-state index in [2.05, 4.69) is 78.0 Å². The Kier molecular flexibility index (Phi) is 56.7. The van der Waals surface area contributed by atoms with E-state index in [1.807, 2.05) is 48.5 Å². The summed E-state index contributed by atoms with van der Waals surface area (Å²) < 4.78 is 272. The summed E-state index contributed by atoms with van der Waals surface area (Å²) in [7, 11) is 2.94. The molecule has 0 spiro atoms. The first-order valence-electron chi connectivity index (χ1n) is 24.8. The van der Waals surface area contributed by atoms with Crippen LogP contribution in [-0.2, 0) is 87.0 Å². The van der Waals surface area contributed by atoms with Crippen molar-refractivity contribution in [2.45, 2.75) is 63.6 Å². The van der Waals surface area contributed by atoms with Crippen molar-refractivity contribution in [2.24, 2.45) is 4.99 Å². The van der Waals surface area contributed by atoms with E-state index in [0.29, 0.717) is 16.7 Å². The molecule has 0 aliphatic rings. The molecule has 45 heteroatoms. The van der Waals surface area contributed by atoms with Crippen molar-refractivity contribution in [3.63, 3.8) is 0 Å². The van der Waals surface area contributed by atoms with Gasteiger partial charge in [-0.3, -0.25) is 14.3 Å². The van der Waals surface area contributed by atoms with E-state index in [-0.39, 0.29) is 69.6 Å². The fraction of sp³-hybridized carbons (Fsp3) is 0.510. The number of hydrogen-bond acceptors (Lipinski definition) is 23. The van der Waals surface area contributed by atoms with Crippen molar-refractivity contribution in [1.29, 1.82) is 0 Å². The highest BCUT2D eigenvalue weighted by Crippen LogP contribution is 2.42. The van der Waals surface area contributed by atoms with Crippen molar-refractivity contribution >= 4 is 42.0 Å². The van der Waals surface area contributed by atoms with E-state index >= 15 is 0 Å². The van der Waals surface area contributed by atoms with Gasteiger partial charge in [-0.1, -0.05) is 80.4 Å². The number of ether oxygens (including phenoxy) is 11. The molecule has 25 nitrogen and oxygen atoms in total. The number of nitrogens with one attached hydrogen (secondary N) is 2. The maximum atomic E-state index is 12.7. The van der Waals surface area contributed by atoms with E-state index in [1.165, 1.54) is 44.0 Å². The molecule has 0 fully saturated rings. The summed E-state index contributed by atoms with van der Waals surface area (Å²) in [5.74, 6) is -3.14. The topological polar surface area (TPSA) is 316 Å². The molecule has 2 rings (SSSR count). The number of alkyl halides is 18. The predicted octanol–water partition coefficient (Wildman–Crippen LogP) is 10.0. The Hall–Kier alpha value is -8.14. The van der Waals surface area contributed by atoms with Crippen LogP contribution in [0.2, 0.25) is 0 Å². The summed E-state index contributed by atoms with van der Waals surface area (Å²) in [4.78, 5) is 81.8. The van der Waals surface area contributed by atoms with E-state index in [4.69, 9.17) is 19.7 Å². The number of carbonyl (C=O) groups is 6. The second kappa shape index (κ2) is 55.0. The van der Waals surface area contributed by atoms with Crippen LogP contribution in [0.4, 0.5) is 97.7 Å². The quantitative estimate of drug-likeness (QED) is 0.00594. The van der Waals surface area contributed by atoms with Gasteiger partial charge in [0.1, 0.15) is 39.8 Å². The zero-order valence-electron chi connectivity index (χ0n) is 50.4. The molecule has 96 heavy (non-hydrogen) atoms. The second-order valence-electron chi connectivity index (χ2n) is 15.4. The lowest BCUT2D eigenvalue weighted by molar-refractivity contribution is -0.548. The molecule has 0 aromatic heterocycles. The van der Waals surface area contributed by atoms with Crippen LogP contribution in [0.3, 0.4) is 0 Å². The molecule has 0 atom stereocenters. The minimum Gasteiger partial charge on any atom is -0.460 e. The second-order valence-corrected chi connectivity index (χ2v) is 15.4. The summed E-state index contributed by atoms with van der Waals surface area (Å²) >= 11 is 0. The number of rotatable bonds is 33. The Bertz CT molecular complexity index is 2500. The van der Waals surface area contributed by atoms with Gasteiger partial charge in [-0.15, -0.1) is 27.4 Å². The number of aliphatic hydroxyl groups is 2. The summed E-state index contributed by atoms with van der Waals surface area (Å²) in [6.45, 7) is 6.16. The number of aliphatic imine (C=N–C) groups is 1. The summed E-state index contributed by atoms with van der Waals surface area (Å²) in [6, 6.07) is 18.2. The molecular weight excluding hydrogens is 1390 g/mol. The van der Waals surface area contributed by atoms with Gasteiger partial charge in [-0.2, -0.15) is 35.1 Å². The third-order valence-electron chi connectivity index (χ3n) is 8.21. The lowest BCUT2D eigenvalue weighted by Gasteiger charge is -2.29. The number of nitrogens with zero attached hydrogens (tertiary/aromatic N) is 1. The minimum atomic E-state index is -6.04. The molecule has 554 valence electrons. The number of hydrogen-bond donors (Lipinski definition) is 4. The van der Waals surface area contributed by atoms with Gasteiger partial charge in [0.25, 0.3) is 5.79 Å². The number of amides is 2. The highest BCUT2D eigenvalue weighted by atomic mass is 19.4. The molecule has 4 N–H and O–H groups in total. The molecule has 0 bridgehead atoms. The number of Topliss-reactive ketones (excluding diaryl/α,β-unsaturated/α-hetero) is 1. The van der Waals surface area contributed by atoms with Crippen LogP contribution in [0.25, 0.3) is 0 Å². The third-order valence-corrected chi connectivity index (χ3v) is 8.21. The SMILES string of the molecule is C=C(C)C(=O)OCCN=C=O.C=C(C)C(=O)OCCNC(=O)OCCF.C=C(C)C(=O)OCCNC(=O)OCF.COC(OC)(C(=O)c1ccccc1)c1ccccc1.FCOC(F)(F)OC(F)(F)C(F)(F)OF.FCOC(F)(F)OC(F)(F)C(F)(F)OF.OCCF.OCF. The summed E-state index contributed by atoms with van der Waals surface area (Å²) in [5.41, 5.74) is 2.12. The van der Waals surface area contributed by atoms with Crippen molar-refractivity contribution in [3.05, 3.63) is 108 Å². The summed E-state index contributed by atoms with van der Waals surface area (Å²) in [6.07, 6.45) is -35.0. The number of esters is 3. The van der Waals surface area contributed by atoms with Crippen LogP contribution in [0.5, 0.6) is 0 Å². The monoisotopic (exact) mass is 1450 g/mol. The number of halogens is 20. The molecule has 2 aromatic rings. The Morgan fingerprint density at radius 1 is 0.510 bits per heavy atom. The first kappa shape index (κ1) is 98.9. The Labute approximate surface area is 530 Å². The van der Waals surface area contributed by atoms with Crippen LogP contribution in [0.1, 0.15) is 36.7 Å². The number of ketones is 1. The fourth-order valence-electron chi connectivity index (χ4n) is 4.24. The molecule has 0 aliphatic carbocycles. The van der Waals surface area contributed by atoms with Crippen LogP contribution < -0.4 is 10.6 Å². The molecule has 0 unspecified atom stereocenters. The molecule has 0 aliphatic heterocycles. The number of benzene rings is 2. The third kappa shape index (κ3) is 47.7. The van der Waals surface area contributed by atoms with Crippen molar-refractivity contribution in [3.8, 4) is 0 Å². The first-order chi connectivity index (χ1) is 44.6. The van der Waals surface area contributed by atoms with Crippen LogP contribution in [-0.4, -0.2) is 197 Å². The van der Waals surface area contributed by atoms with Crippen LogP contribution in [0, 0.1) is 0 Å². The van der Waals surface area contributed by atoms with Gasteiger partial charge in [0, 0.05) is 42.1 Å². The maximum absolute atomic E-state index is 12.7. The van der Waals surface area contributed by atoms with Crippen LogP contribution >= 0.6 is 0 Å². The van der Waals surface area contributed by atoms with Gasteiger partial charge in [-0.05, 0) is 29.8 Å². The maximum Gasteiger partial charge on any atom is 0.492 e. The highest BCUT2D eigenvalue weighted by Gasteiger charge is 2.67. The van der Waals surface area contributed by atoms with Gasteiger partial charge >= 0.3 is 67.1 Å². The molecule has 0 saturated heterocycles. The lowest BCUT2D eigenvalue weighted by atomic mass is 9.96. The van der Waals surface area contributed by atoms with Gasteiger partial charge in [-0.25, -0.2) is 69.6 Å².